The summed E-state index contributed by atoms with van der Waals surface area (Å²) in [5.41, 5.74) is 1.75. The van der Waals surface area contributed by atoms with Crippen LogP contribution in [-0.2, 0) is 6.54 Å². The van der Waals surface area contributed by atoms with E-state index in [2.05, 4.69) is 26.1 Å². The first kappa shape index (κ1) is 12.0. The van der Waals surface area contributed by atoms with Gasteiger partial charge in [-0.2, -0.15) is 5.26 Å². The molecule has 6 nitrogen and oxygen atoms in total. The Kier molecular flexibility index (Phi) is 3.17. The third-order valence-electron chi connectivity index (χ3n) is 2.77. The van der Waals surface area contributed by atoms with Crippen molar-refractivity contribution in [2.45, 2.75) is 6.54 Å². The number of hydrogen-bond acceptors (Lipinski definition) is 5. The Morgan fingerprint density at radius 3 is 2.15 bits per heavy atom. The van der Waals surface area contributed by atoms with Gasteiger partial charge < -0.3 is 0 Å². The van der Waals surface area contributed by atoms with Crippen molar-refractivity contribution in [1.82, 2.24) is 24.7 Å². The molecule has 0 aliphatic carbocycles. The zero-order chi connectivity index (χ0) is 13.8. The highest BCUT2D eigenvalue weighted by atomic mass is 15.3. The van der Waals surface area contributed by atoms with E-state index in [0.29, 0.717) is 11.6 Å². The number of rotatable bonds is 3. The van der Waals surface area contributed by atoms with Gasteiger partial charge in [-0.15, -0.1) is 5.10 Å². The molecule has 3 heterocycles. The van der Waals surface area contributed by atoms with Crippen LogP contribution in [-0.4, -0.2) is 24.7 Å². The minimum Gasteiger partial charge on any atom is -0.265 e. The zero-order valence-electron chi connectivity index (χ0n) is 10.5. The van der Waals surface area contributed by atoms with Crippen molar-refractivity contribution < 1.29 is 0 Å². The van der Waals surface area contributed by atoms with Crippen molar-refractivity contribution in [2.75, 3.05) is 0 Å². The number of hydrogen-bond donors (Lipinski definition) is 0. The standard InChI is InChI=1S/C14H10N6/c15-5-10-20-14(12-3-8-17-9-4-12)18-13(19-20)11-1-6-16-7-2-11/h1-4,6-9H,10H2. The van der Waals surface area contributed by atoms with E-state index in [1.54, 1.807) is 29.5 Å². The Hall–Kier alpha value is -3.07. The Balaban J connectivity index is 2.11. The smallest absolute Gasteiger partial charge is 0.181 e. The van der Waals surface area contributed by atoms with Gasteiger partial charge in [0.1, 0.15) is 6.54 Å². The van der Waals surface area contributed by atoms with E-state index < -0.39 is 0 Å². The van der Waals surface area contributed by atoms with E-state index in [-0.39, 0.29) is 6.54 Å². The summed E-state index contributed by atoms with van der Waals surface area (Å²) in [5.74, 6) is 1.23. The lowest BCUT2D eigenvalue weighted by molar-refractivity contribution is 0.718. The fourth-order valence-electron chi connectivity index (χ4n) is 1.86. The van der Waals surface area contributed by atoms with Crippen LogP contribution in [0.1, 0.15) is 0 Å². The second-order valence-electron chi connectivity index (χ2n) is 4.05. The van der Waals surface area contributed by atoms with Gasteiger partial charge >= 0.3 is 0 Å². The molecule has 0 fully saturated rings. The van der Waals surface area contributed by atoms with Crippen molar-refractivity contribution in [2.24, 2.45) is 0 Å². The lowest BCUT2D eigenvalue weighted by Crippen LogP contribution is -2.00. The zero-order valence-corrected chi connectivity index (χ0v) is 10.5. The molecule has 96 valence electrons. The van der Waals surface area contributed by atoms with Gasteiger partial charge in [0.25, 0.3) is 0 Å². The Labute approximate surface area is 115 Å². The summed E-state index contributed by atoms with van der Waals surface area (Å²) < 4.78 is 1.59. The highest BCUT2D eigenvalue weighted by Gasteiger charge is 2.12. The molecular formula is C14H10N6. The SMILES string of the molecule is N#CCn1nc(-c2ccncc2)nc1-c1ccncc1. The summed E-state index contributed by atoms with van der Waals surface area (Å²) in [6.45, 7) is 0.149. The summed E-state index contributed by atoms with van der Waals surface area (Å²) in [6, 6.07) is 9.45. The largest absolute Gasteiger partial charge is 0.265 e. The predicted octanol–water partition coefficient (Wildman–Crippen LogP) is 1.93. The first-order valence-electron chi connectivity index (χ1n) is 6.01. The molecule has 6 heteroatoms. The average molecular weight is 262 g/mol. The first-order valence-corrected chi connectivity index (χ1v) is 6.01. The Bertz CT molecular complexity index is 742. The van der Waals surface area contributed by atoms with Gasteiger partial charge in [-0.05, 0) is 24.3 Å². The quantitative estimate of drug-likeness (QED) is 0.720. The number of nitriles is 1. The van der Waals surface area contributed by atoms with Crippen LogP contribution in [0.25, 0.3) is 22.8 Å². The summed E-state index contributed by atoms with van der Waals surface area (Å²) in [7, 11) is 0. The predicted molar refractivity (Wildman–Crippen MR) is 72.1 cm³/mol. The van der Waals surface area contributed by atoms with Crippen molar-refractivity contribution >= 4 is 0 Å². The third-order valence-corrected chi connectivity index (χ3v) is 2.77. The fraction of sp³-hybridized carbons (Fsp3) is 0.0714. The summed E-state index contributed by atoms with van der Waals surface area (Å²) in [5, 5.41) is 13.3. The molecule has 0 unspecified atom stereocenters. The Morgan fingerprint density at radius 1 is 0.950 bits per heavy atom. The van der Waals surface area contributed by atoms with E-state index in [9.17, 15) is 0 Å². The van der Waals surface area contributed by atoms with Crippen LogP contribution in [0.5, 0.6) is 0 Å². The van der Waals surface area contributed by atoms with Crippen molar-refractivity contribution in [3.05, 3.63) is 49.1 Å². The van der Waals surface area contributed by atoms with Crippen LogP contribution in [0.4, 0.5) is 0 Å². The van der Waals surface area contributed by atoms with Gasteiger partial charge in [-0.3, -0.25) is 9.97 Å². The van der Waals surface area contributed by atoms with Gasteiger partial charge in [0.2, 0.25) is 0 Å². The lowest BCUT2D eigenvalue weighted by Gasteiger charge is -1.99. The van der Waals surface area contributed by atoms with Crippen LogP contribution in [0.2, 0.25) is 0 Å². The van der Waals surface area contributed by atoms with Gasteiger partial charge in [0.05, 0.1) is 6.07 Å². The van der Waals surface area contributed by atoms with Gasteiger partial charge in [0, 0.05) is 35.9 Å². The van der Waals surface area contributed by atoms with Gasteiger partial charge in [0.15, 0.2) is 11.6 Å². The molecule has 0 aromatic carbocycles. The maximum Gasteiger partial charge on any atom is 0.181 e. The molecular weight excluding hydrogens is 252 g/mol. The maximum absolute atomic E-state index is 8.91. The monoisotopic (exact) mass is 262 g/mol. The second-order valence-corrected chi connectivity index (χ2v) is 4.05. The fourth-order valence-corrected chi connectivity index (χ4v) is 1.86. The van der Waals surface area contributed by atoms with E-state index in [1.165, 1.54) is 0 Å². The molecule has 0 spiro atoms. The molecule has 20 heavy (non-hydrogen) atoms. The molecule has 0 saturated carbocycles. The minimum absolute atomic E-state index is 0.149. The average Bonchev–Trinajstić information content (AvgIpc) is 2.94. The summed E-state index contributed by atoms with van der Waals surface area (Å²) in [4.78, 5) is 12.5. The van der Waals surface area contributed by atoms with Crippen LogP contribution in [0, 0.1) is 11.3 Å². The molecule has 0 atom stereocenters. The molecule has 0 bridgehead atoms. The topological polar surface area (TPSA) is 80.3 Å². The van der Waals surface area contributed by atoms with E-state index in [0.717, 1.165) is 11.1 Å². The minimum atomic E-state index is 0.149. The second kappa shape index (κ2) is 5.28. The highest BCUT2D eigenvalue weighted by Crippen LogP contribution is 2.21. The molecule has 0 amide bonds. The number of aromatic nitrogens is 5. The van der Waals surface area contributed by atoms with E-state index in [4.69, 9.17) is 5.26 Å². The normalized spacial score (nSPS) is 10.2. The van der Waals surface area contributed by atoms with Crippen LogP contribution >= 0.6 is 0 Å². The molecule has 0 aliphatic heterocycles. The van der Waals surface area contributed by atoms with Gasteiger partial charge in [-0.25, -0.2) is 9.67 Å². The third kappa shape index (κ3) is 2.24. The molecule has 3 rings (SSSR count). The molecule has 0 aliphatic rings. The highest BCUT2D eigenvalue weighted by molar-refractivity contribution is 5.60. The van der Waals surface area contributed by atoms with E-state index in [1.807, 2.05) is 24.3 Å². The summed E-state index contributed by atoms with van der Waals surface area (Å²) >= 11 is 0. The maximum atomic E-state index is 8.91. The van der Waals surface area contributed by atoms with E-state index >= 15 is 0 Å². The van der Waals surface area contributed by atoms with Crippen LogP contribution in [0.15, 0.2) is 49.1 Å². The first-order chi connectivity index (χ1) is 9.88. The van der Waals surface area contributed by atoms with Crippen molar-refractivity contribution in [1.29, 1.82) is 5.26 Å². The molecule has 0 saturated heterocycles. The molecule has 0 radical (unpaired) electrons. The van der Waals surface area contributed by atoms with Crippen molar-refractivity contribution in [3.8, 4) is 28.8 Å². The molecule has 3 aromatic heterocycles. The Morgan fingerprint density at radius 2 is 1.55 bits per heavy atom. The number of nitrogens with zero attached hydrogens (tertiary/aromatic N) is 6. The van der Waals surface area contributed by atoms with Crippen LogP contribution < -0.4 is 0 Å². The number of pyridine rings is 2. The molecule has 3 aromatic rings. The van der Waals surface area contributed by atoms with Crippen molar-refractivity contribution in [3.63, 3.8) is 0 Å². The summed E-state index contributed by atoms with van der Waals surface area (Å²) in [6.07, 6.45) is 6.75. The molecule has 0 N–H and O–H groups in total. The van der Waals surface area contributed by atoms with Crippen LogP contribution in [0.3, 0.4) is 0 Å². The lowest BCUT2D eigenvalue weighted by atomic mass is 10.2. The van der Waals surface area contributed by atoms with Gasteiger partial charge in [-0.1, -0.05) is 0 Å².